The van der Waals surface area contributed by atoms with E-state index in [4.69, 9.17) is 5.73 Å². The molecule has 1 aromatic rings. The van der Waals surface area contributed by atoms with E-state index in [9.17, 15) is 19.2 Å². The number of nitrogens with one attached hydrogen (secondary N) is 1. The summed E-state index contributed by atoms with van der Waals surface area (Å²) >= 11 is 0. The minimum Gasteiger partial charge on any atom is -0.366 e. The van der Waals surface area contributed by atoms with E-state index < -0.39 is 23.4 Å². The Bertz CT molecular complexity index is 829. The van der Waals surface area contributed by atoms with Crippen molar-refractivity contribution in [3.05, 3.63) is 35.4 Å². The van der Waals surface area contributed by atoms with Gasteiger partial charge in [0.05, 0.1) is 0 Å². The normalized spacial score (nSPS) is 27.7. The van der Waals surface area contributed by atoms with Crippen molar-refractivity contribution < 1.29 is 19.2 Å². The molecule has 3 rings (SSSR count). The fourth-order valence-corrected chi connectivity index (χ4v) is 4.15. The fraction of sp³-hybridized carbons (Fsp3) is 0.500. The molecule has 1 aromatic carbocycles. The summed E-state index contributed by atoms with van der Waals surface area (Å²) in [6.07, 6.45) is 2.88. The number of nitrogens with zero attached hydrogens (tertiary/aromatic N) is 2. The standard InChI is InChI=1S/C20H26N4O4/c1-12-6-4-7-13(2)24(12)16(25)11-23-18(27)20(3,22-19(23)28)15-9-5-8-14(10-15)17(21)26/h5,8-10,12-13H,4,6-7,11H2,1-3H3,(H2,21,26)(H,22,28). The first-order chi connectivity index (χ1) is 13.1. The number of hydrogen-bond acceptors (Lipinski definition) is 4. The maximum Gasteiger partial charge on any atom is 0.325 e. The van der Waals surface area contributed by atoms with Gasteiger partial charge in [-0.15, -0.1) is 0 Å². The molecule has 8 heteroatoms. The van der Waals surface area contributed by atoms with E-state index in [1.807, 2.05) is 13.8 Å². The summed E-state index contributed by atoms with van der Waals surface area (Å²) in [6, 6.07) is 5.81. The lowest BCUT2D eigenvalue weighted by Crippen LogP contribution is -2.52. The monoisotopic (exact) mass is 386 g/mol. The van der Waals surface area contributed by atoms with E-state index in [1.165, 1.54) is 12.1 Å². The summed E-state index contributed by atoms with van der Waals surface area (Å²) in [6.45, 7) is 5.23. The Balaban J connectivity index is 1.82. The zero-order valence-electron chi connectivity index (χ0n) is 16.4. The SMILES string of the molecule is CC1CCCC(C)N1C(=O)CN1C(=O)NC(C)(c2cccc(C(N)=O)c2)C1=O. The van der Waals surface area contributed by atoms with Gasteiger partial charge in [-0.2, -0.15) is 0 Å². The Morgan fingerprint density at radius 1 is 1.21 bits per heavy atom. The number of likely N-dealkylation sites (tertiary alicyclic amines) is 1. The molecule has 0 spiro atoms. The van der Waals surface area contributed by atoms with Crippen molar-refractivity contribution in [2.75, 3.05) is 6.54 Å². The van der Waals surface area contributed by atoms with Crippen LogP contribution >= 0.6 is 0 Å². The molecular formula is C20H26N4O4. The number of carbonyl (C=O) groups excluding carboxylic acids is 4. The van der Waals surface area contributed by atoms with Crippen LogP contribution in [0, 0.1) is 0 Å². The topological polar surface area (TPSA) is 113 Å². The first-order valence-electron chi connectivity index (χ1n) is 9.50. The highest BCUT2D eigenvalue weighted by molar-refractivity contribution is 6.09. The van der Waals surface area contributed by atoms with Gasteiger partial charge in [0.25, 0.3) is 5.91 Å². The lowest BCUT2D eigenvalue weighted by Gasteiger charge is -2.39. The van der Waals surface area contributed by atoms with Crippen LogP contribution in [-0.2, 0) is 15.1 Å². The second-order valence-corrected chi connectivity index (χ2v) is 7.82. The van der Waals surface area contributed by atoms with Crippen molar-refractivity contribution in [3.63, 3.8) is 0 Å². The second-order valence-electron chi connectivity index (χ2n) is 7.82. The van der Waals surface area contributed by atoms with E-state index >= 15 is 0 Å². The molecule has 0 radical (unpaired) electrons. The average molecular weight is 386 g/mol. The lowest BCUT2D eigenvalue weighted by atomic mass is 9.90. The van der Waals surface area contributed by atoms with E-state index in [-0.39, 0.29) is 30.1 Å². The van der Waals surface area contributed by atoms with Gasteiger partial charge in [-0.1, -0.05) is 12.1 Å². The third-order valence-corrected chi connectivity index (χ3v) is 5.77. The van der Waals surface area contributed by atoms with Crippen LogP contribution in [0.5, 0.6) is 0 Å². The zero-order valence-corrected chi connectivity index (χ0v) is 16.4. The Kier molecular flexibility index (Phi) is 5.14. The molecule has 5 amide bonds. The van der Waals surface area contributed by atoms with E-state index in [0.717, 1.165) is 24.2 Å². The minimum atomic E-state index is -1.36. The molecule has 2 aliphatic rings. The van der Waals surface area contributed by atoms with Crippen LogP contribution in [-0.4, -0.2) is 52.2 Å². The molecule has 0 aromatic heterocycles. The van der Waals surface area contributed by atoms with Gasteiger partial charge in [0.15, 0.2) is 0 Å². The first-order valence-corrected chi connectivity index (χ1v) is 9.50. The zero-order chi connectivity index (χ0) is 20.6. The van der Waals surface area contributed by atoms with E-state index in [1.54, 1.807) is 24.0 Å². The quantitative estimate of drug-likeness (QED) is 0.760. The van der Waals surface area contributed by atoms with Crippen LogP contribution in [0.1, 0.15) is 56.0 Å². The molecular weight excluding hydrogens is 360 g/mol. The summed E-state index contributed by atoms with van der Waals surface area (Å²) in [5.41, 5.74) is 4.64. The highest BCUT2D eigenvalue weighted by atomic mass is 16.2. The highest BCUT2D eigenvalue weighted by Crippen LogP contribution is 2.30. The number of imide groups is 1. The van der Waals surface area contributed by atoms with Gasteiger partial charge in [0.1, 0.15) is 12.1 Å². The average Bonchev–Trinajstić information content (AvgIpc) is 2.86. The molecule has 150 valence electrons. The van der Waals surface area contributed by atoms with Crippen molar-refractivity contribution in [2.24, 2.45) is 5.73 Å². The number of amides is 5. The second kappa shape index (κ2) is 7.26. The van der Waals surface area contributed by atoms with Crippen LogP contribution in [0.25, 0.3) is 0 Å². The molecule has 2 saturated heterocycles. The Morgan fingerprint density at radius 3 is 2.46 bits per heavy atom. The summed E-state index contributed by atoms with van der Waals surface area (Å²) < 4.78 is 0. The summed E-state index contributed by atoms with van der Waals surface area (Å²) in [5.74, 6) is -1.38. The third-order valence-electron chi connectivity index (χ3n) is 5.77. The summed E-state index contributed by atoms with van der Waals surface area (Å²) in [5, 5.41) is 2.66. The van der Waals surface area contributed by atoms with Crippen molar-refractivity contribution in [3.8, 4) is 0 Å². The maximum absolute atomic E-state index is 13.1. The number of urea groups is 1. The summed E-state index contributed by atoms with van der Waals surface area (Å²) in [7, 11) is 0. The number of piperidine rings is 1. The Morgan fingerprint density at radius 2 is 1.86 bits per heavy atom. The molecule has 28 heavy (non-hydrogen) atoms. The van der Waals surface area contributed by atoms with Gasteiger partial charge in [-0.05, 0) is 57.7 Å². The van der Waals surface area contributed by atoms with Gasteiger partial charge in [-0.3, -0.25) is 19.3 Å². The van der Waals surface area contributed by atoms with Gasteiger partial charge >= 0.3 is 6.03 Å². The number of carbonyl (C=O) groups is 4. The summed E-state index contributed by atoms with van der Waals surface area (Å²) in [4.78, 5) is 52.6. The Labute approximate surface area is 164 Å². The molecule has 2 aliphatic heterocycles. The lowest BCUT2D eigenvalue weighted by molar-refractivity contribution is -0.142. The predicted octanol–water partition coefficient (Wildman–Crippen LogP) is 1.34. The van der Waals surface area contributed by atoms with Crippen LogP contribution in [0.3, 0.4) is 0 Å². The number of nitrogens with two attached hydrogens (primary N) is 1. The minimum absolute atomic E-state index is 0.0793. The number of rotatable bonds is 4. The third kappa shape index (κ3) is 3.34. The van der Waals surface area contributed by atoms with Crippen molar-refractivity contribution >= 4 is 23.8 Å². The molecule has 3 N–H and O–H groups in total. The number of benzene rings is 1. The van der Waals surface area contributed by atoms with Crippen molar-refractivity contribution in [2.45, 2.75) is 57.7 Å². The van der Waals surface area contributed by atoms with Gasteiger partial charge < -0.3 is 16.0 Å². The van der Waals surface area contributed by atoms with Gasteiger partial charge in [0, 0.05) is 17.6 Å². The molecule has 0 bridgehead atoms. The molecule has 0 saturated carbocycles. The Hall–Kier alpha value is -2.90. The smallest absolute Gasteiger partial charge is 0.325 e. The van der Waals surface area contributed by atoms with Crippen LogP contribution in [0.4, 0.5) is 4.79 Å². The van der Waals surface area contributed by atoms with Gasteiger partial charge in [0.2, 0.25) is 11.8 Å². The molecule has 3 atom stereocenters. The van der Waals surface area contributed by atoms with Gasteiger partial charge in [-0.25, -0.2) is 4.79 Å². The van der Waals surface area contributed by atoms with E-state index in [0.29, 0.717) is 5.56 Å². The number of primary amides is 1. The fourth-order valence-electron chi connectivity index (χ4n) is 4.15. The van der Waals surface area contributed by atoms with Crippen LogP contribution in [0.15, 0.2) is 24.3 Å². The largest absolute Gasteiger partial charge is 0.366 e. The molecule has 8 nitrogen and oxygen atoms in total. The van der Waals surface area contributed by atoms with Crippen molar-refractivity contribution in [1.29, 1.82) is 0 Å². The molecule has 2 fully saturated rings. The van der Waals surface area contributed by atoms with Crippen LogP contribution < -0.4 is 11.1 Å². The van der Waals surface area contributed by atoms with Crippen molar-refractivity contribution in [1.82, 2.24) is 15.1 Å². The predicted molar refractivity (Wildman–Crippen MR) is 102 cm³/mol. The first kappa shape index (κ1) is 19.9. The molecule has 3 unspecified atom stereocenters. The maximum atomic E-state index is 13.1. The van der Waals surface area contributed by atoms with Crippen LogP contribution in [0.2, 0.25) is 0 Å². The highest BCUT2D eigenvalue weighted by Gasteiger charge is 2.50. The van der Waals surface area contributed by atoms with E-state index in [2.05, 4.69) is 5.32 Å². The number of hydrogen-bond donors (Lipinski definition) is 2. The molecule has 2 heterocycles. The molecule has 0 aliphatic carbocycles.